The summed E-state index contributed by atoms with van der Waals surface area (Å²) in [6, 6.07) is 0.125. The van der Waals surface area contributed by atoms with E-state index in [1.54, 1.807) is 11.0 Å². The standard InChI is InChI=1S/C10H20N2O2/c1-4-5-11-8-10(14)12(6-7-13)9(2)3/h4,9,11,13H,1,5-8H2,2-3H3. The normalized spacial score (nSPS) is 10.3. The van der Waals surface area contributed by atoms with E-state index in [0.29, 0.717) is 19.6 Å². The molecule has 0 unspecified atom stereocenters. The maximum atomic E-state index is 11.6. The predicted octanol–water partition coefficient (Wildman–Crippen LogP) is -0.00870. The monoisotopic (exact) mass is 200 g/mol. The lowest BCUT2D eigenvalue weighted by atomic mass is 10.3. The molecule has 0 aromatic carbocycles. The molecular weight excluding hydrogens is 180 g/mol. The van der Waals surface area contributed by atoms with Gasteiger partial charge in [-0.2, -0.15) is 0 Å². The van der Waals surface area contributed by atoms with Crippen molar-refractivity contribution in [1.29, 1.82) is 0 Å². The summed E-state index contributed by atoms with van der Waals surface area (Å²) in [5.74, 6) is 0.0101. The summed E-state index contributed by atoms with van der Waals surface area (Å²) in [5, 5.41) is 11.7. The molecule has 1 amide bonds. The third kappa shape index (κ3) is 4.99. The van der Waals surface area contributed by atoms with Crippen molar-refractivity contribution in [2.45, 2.75) is 19.9 Å². The van der Waals surface area contributed by atoms with Crippen LogP contribution in [0.4, 0.5) is 0 Å². The van der Waals surface area contributed by atoms with Gasteiger partial charge in [0, 0.05) is 19.1 Å². The molecule has 14 heavy (non-hydrogen) atoms. The average molecular weight is 200 g/mol. The highest BCUT2D eigenvalue weighted by Crippen LogP contribution is 1.97. The zero-order chi connectivity index (χ0) is 11.0. The van der Waals surface area contributed by atoms with Crippen molar-refractivity contribution in [2.75, 3.05) is 26.2 Å². The smallest absolute Gasteiger partial charge is 0.236 e. The van der Waals surface area contributed by atoms with E-state index in [0.717, 1.165) is 0 Å². The van der Waals surface area contributed by atoms with E-state index in [1.165, 1.54) is 0 Å². The Morgan fingerprint density at radius 1 is 1.64 bits per heavy atom. The largest absolute Gasteiger partial charge is 0.395 e. The highest BCUT2D eigenvalue weighted by Gasteiger charge is 2.14. The van der Waals surface area contributed by atoms with Crippen LogP contribution in [0.3, 0.4) is 0 Å². The van der Waals surface area contributed by atoms with Gasteiger partial charge in [0.2, 0.25) is 5.91 Å². The second kappa shape index (κ2) is 7.53. The van der Waals surface area contributed by atoms with Crippen molar-refractivity contribution in [1.82, 2.24) is 10.2 Å². The number of hydrogen-bond donors (Lipinski definition) is 2. The van der Waals surface area contributed by atoms with Crippen LogP contribution in [0, 0.1) is 0 Å². The van der Waals surface area contributed by atoms with Crippen molar-refractivity contribution in [3.8, 4) is 0 Å². The van der Waals surface area contributed by atoms with Gasteiger partial charge >= 0.3 is 0 Å². The summed E-state index contributed by atoms with van der Waals surface area (Å²) in [6.07, 6.45) is 1.71. The van der Waals surface area contributed by atoms with Gasteiger partial charge < -0.3 is 15.3 Å². The summed E-state index contributed by atoms with van der Waals surface area (Å²) in [4.78, 5) is 13.2. The Hall–Kier alpha value is -0.870. The predicted molar refractivity (Wildman–Crippen MR) is 57.0 cm³/mol. The Bertz CT molecular complexity index is 181. The van der Waals surface area contributed by atoms with Crippen molar-refractivity contribution >= 4 is 5.91 Å². The van der Waals surface area contributed by atoms with Crippen LogP contribution in [-0.4, -0.2) is 48.2 Å². The first-order chi connectivity index (χ1) is 6.63. The number of aliphatic hydroxyl groups excluding tert-OH is 1. The molecular formula is C10H20N2O2. The van der Waals surface area contributed by atoms with Crippen molar-refractivity contribution in [3.63, 3.8) is 0 Å². The molecule has 0 aliphatic carbocycles. The van der Waals surface area contributed by atoms with E-state index < -0.39 is 0 Å². The van der Waals surface area contributed by atoms with Crippen LogP contribution in [0.2, 0.25) is 0 Å². The SMILES string of the molecule is C=CCNCC(=O)N(CCO)C(C)C. The lowest BCUT2D eigenvalue weighted by Crippen LogP contribution is -2.43. The van der Waals surface area contributed by atoms with Crippen LogP contribution >= 0.6 is 0 Å². The first-order valence-electron chi connectivity index (χ1n) is 4.85. The third-order valence-electron chi connectivity index (χ3n) is 1.85. The fraction of sp³-hybridized carbons (Fsp3) is 0.700. The molecule has 0 bridgehead atoms. The molecule has 0 aliphatic rings. The Morgan fingerprint density at radius 3 is 2.71 bits per heavy atom. The topological polar surface area (TPSA) is 52.6 Å². The number of rotatable bonds is 7. The van der Waals surface area contributed by atoms with E-state index in [4.69, 9.17) is 5.11 Å². The minimum absolute atomic E-state index is 0.00534. The minimum atomic E-state index is 0.00534. The Kier molecular flexibility index (Phi) is 7.06. The maximum absolute atomic E-state index is 11.6. The van der Waals surface area contributed by atoms with Crippen molar-refractivity contribution < 1.29 is 9.90 Å². The lowest BCUT2D eigenvalue weighted by molar-refractivity contribution is -0.132. The molecule has 0 radical (unpaired) electrons. The van der Waals surface area contributed by atoms with E-state index in [9.17, 15) is 4.79 Å². The first kappa shape index (κ1) is 13.1. The van der Waals surface area contributed by atoms with E-state index >= 15 is 0 Å². The molecule has 0 saturated heterocycles. The maximum Gasteiger partial charge on any atom is 0.236 e. The highest BCUT2D eigenvalue weighted by atomic mass is 16.3. The fourth-order valence-corrected chi connectivity index (χ4v) is 1.16. The summed E-state index contributed by atoms with van der Waals surface area (Å²) < 4.78 is 0. The Labute approximate surface area is 85.6 Å². The van der Waals surface area contributed by atoms with Gasteiger partial charge in [-0.1, -0.05) is 6.08 Å². The van der Waals surface area contributed by atoms with Crippen LogP contribution in [0.5, 0.6) is 0 Å². The molecule has 0 rings (SSSR count). The average Bonchev–Trinajstić information content (AvgIpc) is 2.13. The highest BCUT2D eigenvalue weighted by molar-refractivity contribution is 5.78. The van der Waals surface area contributed by atoms with Crippen molar-refractivity contribution in [3.05, 3.63) is 12.7 Å². The molecule has 0 aromatic rings. The number of amides is 1. The first-order valence-corrected chi connectivity index (χ1v) is 4.85. The molecule has 4 nitrogen and oxygen atoms in total. The second-order valence-corrected chi connectivity index (χ2v) is 3.32. The molecule has 0 atom stereocenters. The molecule has 0 spiro atoms. The van der Waals surface area contributed by atoms with Gasteiger partial charge in [0.15, 0.2) is 0 Å². The van der Waals surface area contributed by atoms with Gasteiger partial charge in [0.1, 0.15) is 0 Å². The van der Waals surface area contributed by atoms with E-state index in [1.807, 2.05) is 13.8 Å². The summed E-state index contributed by atoms with van der Waals surface area (Å²) in [5.41, 5.74) is 0. The zero-order valence-corrected chi connectivity index (χ0v) is 8.99. The van der Waals surface area contributed by atoms with E-state index in [2.05, 4.69) is 11.9 Å². The van der Waals surface area contributed by atoms with Crippen LogP contribution in [-0.2, 0) is 4.79 Å². The van der Waals surface area contributed by atoms with Gasteiger partial charge in [0.25, 0.3) is 0 Å². The van der Waals surface area contributed by atoms with Crippen molar-refractivity contribution in [2.24, 2.45) is 0 Å². The number of nitrogens with one attached hydrogen (secondary N) is 1. The Balaban J connectivity index is 3.95. The zero-order valence-electron chi connectivity index (χ0n) is 8.99. The second-order valence-electron chi connectivity index (χ2n) is 3.32. The summed E-state index contributed by atoms with van der Waals surface area (Å²) in [7, 11) is 0. The van der Waals surface area contributed by atoms with E-state index in [-0.39, 0.29) is 18.6 Å². The number of aliphatic hydroxyl groups is 1. The molecule has 4 heteroatoms. The van der Waals surface area contributed by atoms with Crippen LogP contribution in [0.15, 0.2) is 12.7 Å². The molecule has 82 valence electrons. The summed E-state index contributed by atoms with van der Waals surface area (Å²) in [6.45, 7) is 8.73. The van der Waals surface area contributed by atoms with Crippen LogP contribution in [0.1, 0.15) is 13.8 Å². The van der Waals surface area contributed by atoms with Gasteiger partial charge in [-0.05, 0) is 13.8 Å². The minimum Gasteiger partial charge on any atom is -0.395 e. The molecule has 0 heterocycles. The fourth-order valence-electron chi connectivity index (χ4n) is 1.16. The number of nitrogens with zero attached hydrogens (tertiary/aromatic N) is 1. The molecule has 0 saturated carbocycles. The van der Waals surface area contributed by atoms with Crippen LogP contribution < -0.4 is 5.32 Å². The molecule has 0 aromatic heterocycles. The quantitative estimate of drug-likeness (QED) is 0.449. The number of carbonyl (C=O) groups is 1. The third-order valence-corrected chi connectivity index (χ3v) is 1.85. The van der Waals surface area contributed by atoms with Gasteiger partial charge in [-0.3, -0.25) is 4.79 Å². The molecule has 0 fully saturated rings. The lowest BCUT2D eigenvalue weighted by Gasteiger charge is -2.25. The van der Waals surface area contributed by atoms with Gasteiger partial charge in [0.05, 0.1) is 13.2 Å². The number of hydrogen-bond acceptors (Lipinski definition) is 3. The van der Waals surface area contributed by atoms with Crippen LogP contribution in [0.25, 0.3) is 0 Å². The molecule has 2 N–H and O–H groups in total. The summed E-state index contributed by atoms with van der Waals surface area (Å²) >= 11 is 0. The Morgan fingerprint density at radius 2 is 2.29 bits per heavy atom. The molecule has 0 aliphatic heterocycles. The number of carbonyl (C=O) groups excluding carboxylic acids is 1. The van der Waals surface area contributed by atoms with Gasteiger partial charge in [-0.25, -0.2) is 0 Å². The van der Waals surface area contributed by atoms with Gasteiger partial charge in [-0.15, -0.1) is 6.58 Å².